The summed E-state index contributed by atoms with van der Waals surface area (Å²) < 4.78 is 3.34. The molecule has 31 heavy (non-hydrogen) atoms. The van der Waals surface area contributed by atoms with Crippen molar-refractivity contribution in [3.63, 3.8) is 0 Å². The minimum Gasteiger partial charge on any atom is -0.320 e. The number of nitrogens with zero attached hydrogens (tertiary/aromatic N) is 2. The summed E-state index contributed by atoms with van der Waals surface area (Å²) >= 11 is 1.68. The number of carbonyl (C=O) groups excluding carboxylic acids is 1. The van der Waals surface area contributed by atoms with E-state index in [4.69, 9.17) is 0 Å². The fourth-order valence-corrected chi connectivity index (χ4v) is 4.40. The summed E-state index contributed by atoms with van der Waals surface area (Å²) in [5, 5.41) is 2.84. The zero-order valence-corrected chi connectivity index (χ0v) is 20.0. The van der Waals surface area contributed by atoms with Gasteiger partial charge in [-0.3, -0.25) is 14.3 Å². The number of aryl methyl sites for hydroxylation is 1. The van der Waals surface area contributed by atoms with Gasteiger partial charge in [-0.1, -0.05) is 51.1 Å². The van der Waals surface area contributed by atoms with Gasteiger partial charge in [0.1, 0.15) is 5.69 Å². The highest BCUT2D eigenvalue weighted by Crippen LogP contribution is 2.30. The Morgan fingerprint density at radius 3 is 2.39 bits per heavy atom. The molecule has 0 saturated carbocycles. The molecule has 0 fully saturated rings. The zero-order valence-electron chi connectivity index (χ0n) is 19.2. The highest BCUT2D eigenvalue weighted by Gasteiger charge is 2.18. The van der Waals surface area contributed by atoms with Gasteiger partial charge in [0.2, 0.25) is 5.91 Å². The first-order valence-electron chi connectivity index (χ1n) is 10.5. The Morgan fingerprint density at radius 1 is 1.06 bits per heavy atom. The minimum absolute atomic E-state index is 0.0872. The average molecular weight is 438 g/mol. The van der Waals surface area contributed by atoms with E-state index in [1.165, 1.54) is 16.0 Å². The van der Waals surface area contributed by atoms with E-state index in [2.05, 4.69) is 51.2 Å². The van der Waals surface area contributed by atoms with Crippen LogP contribution in [0.1, 0.15) is 44.0 Å². The van der Waals surface area contributed by atoms with E-state index < -0.39 is 0 Å². The second kappa shape index (κ2) is 9.18. The molecule has 0 aliphatic rings. The number of hydrogen-bond acceptors (Lipinski definition) is 3. The van der Waals surface area contributed by atoms with E-state index >= 15 is 0 Å². The smallest absolute Gasteiger partial charge is 0.295 e. The number of para-hydroxylation sites is 1. The van der Waals surface area contributed by atoms with Gasteiger partial charge in [-0.15, -0.1) is 11.8 Å². The van der Waals surface area contributed by atoms with E-state index in [9.17, 15) is 9.59 Å². The lowest BCUT2D eigenvalue weighted by molar-refractivity contribution is -0.115. The Hall–Kier alpha value is -2.73. The number of aromatic nitrogens is 2. The molecule has 0 radical (unpaired) electrons. The molecule has 5 nitrogen and oxygen atoms in total. The largest absolute Gasteiger partial charge is 0.320 e. The molecule has 164 valence electrons. The second-order valence-corrected chi connectivity index (χ2v) is 9.95. The van der Waals surface area contributed by atoms with Crippen LogP contribution in [-0.4, -0.2) is 21.0 Å². The van der Waals surface area contributed by atoms with E-state index in [0.29, 0.717) is 17.9 Å². The van der Waals surface area contributed by atoms with E-state index in [1.807, 2.05) is 44.3 Å². The number of hydrogen-bond donors (Lipinski definition) is 1. The third-order valence-electron chi connectivity index (χ3n) is 5.46. The van der Waals surface area contributed by atoms with Gasteiger partial charge in [0.15, 0.2) is 0 Å². The SMILES string of the molecule is Cc1ccc(C(C)(C)C)cc1SCCC(=O)Nc1c(C)n(C)n(-c2ccccc2)c1=O. The van der Waals surface area contributed by atoms with E-state index in [0.717, 1.165) is 11.4 Å². The quantitative estimate of drug-likeness (QED) is 0.539. The summed E-state index contributed by atoms with van der Waals surface area (Å²) in [6, 6.07) is 16.0. The summed E-state index contributed by atoms with van der Waals surface area (Å²) in [5.74, 6) is 0.502. The molecule has 0 spiro atoms. The van der Waals surface area contributed by atoms with Crippen molar-refractivity contribution in [2.75, 3.05) is 11.1 Å². The van der Waals surface area contributed by atoms with Crippen LogP contribution in [0.25, 0.3) is 5.69 Å². The molecule has 1 amide bonds. The van der Waals surface area contributed by atoms with Crippen molar-refractivity contribution in [2.24, 2.45) is 7.05 Å². The van der Waals surface area contributed by atoms with Crippen LogP contribution in [0.5, 0.6) is 0 Å². The Balaban J connectivity index is 1.68. The molecule has 1 heterocycles. The first-order chi connectivity index (χ1) is 14.6. The van der Waals surface area contributed by atoms with Gasteiger partial charge in [0, 0.05) is 24.1 Å². The molecule has 0 unspecified atom stereocenters. The van der Waals surface area contributed by atoms with Crippen molar-refractivity contribution >= 4 is 23.4 Å². The van der Waals surface area contributed by atoms with Gasteiger partial charge in [-0.25, -0.2) is 4.68 Å². The maximum absolute atomic E-state index is 12.9. The van der Waals surface area contributed by atoms with Crippen LogP contribution >= 0.6 is 11.8 Å². The molecule has 1 aromatic heterocycles. The Labute approximate surface area is 188 Å². The molecule has 0 aliphatic carbocycles. The Bertz CT molecular complexity index is 1140. The molecule has 0 atom stereocenters. The van der Waals surface area contributed by atoms with Crippen molar-refractivity contribution in [3.05, 3.63) is 75.7 Å². The first kappa shape index (κ1) is 22.9. The Morgan fingerprint density at radius 2 is 1.74 bits per heavy atom. The van der Waals surface area contributed by atoms with Crippen molar-refractivity contribution in [1.82, 2.24) is 9.36 Å². The monoisotopic (exact) mass is 437 g/mol. The topological polar surface area (TPSA) is 56.0 Å². The normalized spacial score (nSPS) is 11.5. The molecule has 0 saturated heterocycles. The maximum atomic E-state index is 12.9. The predicted octanol–water partition coefficient (Wildman–Crippen LogP) is 5.21. The zero-order chi connectivity index (χ0) is 22.8. The van der Waals surface area contributed by atoms with Gasteiger partial charge in [-0.05, 0) is 48.6 Å². The molecular formula is C25H31N3O2S. The summed E-state index contributed by atoms with van der Waals surface area (Å²) in [5.41, 5.74) is 4.19. The summed E-state index contributed by atoms with van der Waals surface area (Å²) in [4.78, 5) is 26.7. The molecule has 3 aromatic rings. The molecular weight excluding hydrogens is 406 g/mol. The van der Waals surface area contributed by atoms with Crippen LogP contribution in [0, 0.1) is 13.8 Å². The van der Waals surface area contributed by atoms with Crippen molar-refractivity contribution in [1.29, 1.82) is 0 Å². The van der Waals surface area contributed by atoms with Gasteiger partial charge in [-0.2, -0.15) is 0 Å². The maximum Gasteiger partial charge on any atom is 0.295 e. The summed E-state index contributed by atoms with van der Waals surface area (Å²) in [6.45, 7) is 10.5. The number of rotatable bonds is 6. The van der Waals surface area contributed by atoms with Crippen LogP contribution in [-0.2, 0) is 17.3 Å². The van der Waals surface area contributed by atoms with Crippen LogP contribution in [0.3, 0.4) is 0 Å². The number of nitrogens with one attached hydrogen (secondary N) is 1. The number of thioether (sulfide) groups is 1. The van der Waals surface area contributed by atoms with Gasteiger partial charge < -0.3 is 5.32 Å². The highest BCUT2D eigenvalue weighted by molar-refractivity contribution is 7.99. The van der Waals surface area contributed by atoms with Gasteiger partial charge in [0.05, 0.1) is 11.4 Å². The lowest BCUT2D eigenvalue weighted by Crippen LogP contribution is -2.23. The predicted molar refractivity (Wildman–Crippen MR) is 130 cm³/mol. The lowest BCUT2D eigenvalue weighted by atomic mass is 9.87. The molecule has 6 heteroatoms. The average Bonchev–Trinajstić information content (AvgIpc) is 2.92. The van der Waals surface area contributed by atoms with Gasteiger partial charge >= 0.3 is 0 Å². The van der Waals surface area contributed by atoms with Gasteiger partial charge in [0.25, 0.3) is 5.56 Å². The molecule has 0 bridgehead atoms. The molecule has 1 N–H and O–H groups in total. The highest BCUT2D eigenvalue weighted by atomic mass is 32.2. The molecule has 0 aliphatic heterocycles. The molecule has 2 aromatic carbocycles. The Kier molecular flexibility index (Phi) is 6.80. The number of anilines is 1. The second-order valence-electron chi connectivity index (χ2n) is 8.81. The molecule has 3 rings (SSSR count). The van der Waals surface area contributed by atoms with E-state index in [-0.39, 0.29) is 16.9 Å². The van der Waals surface area contributed by atoms with Crippen molar-refractivity contribution in [2.45, 2.75) is 51.3 Å². The third-order valence-corrected chi connectivity index (χ3v) is 6.62. The fraction of sp³-hybridized carbons (Fsp3) is 0.360. The van der Waals surface area contributed by atoms with Crippen LogP contribution in [0.15, 0.2) is 58.2 Å². The van der Waals surface area contributed by atoms with Crippen LogP contribution < -0.4 is 10.9 Å². The standard InChI is InChI=1S/C25H31N3O2S/c1-17-12-13-19(25(3,4)5)16-21(17)31-15-14-22(29)26-23-18(2)27(6)28(24(23)30)20-10-8-7-9-11-20/h7-13,16H,14-15H2,1-6H3,(H,26,29). The third kappa shape index (κ3) is 5.13. The fourth-order valence-electron chi connectivity index (χ4n) is 3.39. The first-order valence-corrected chi connectivity index (χ1v) is 11.5. The summed E-state index contributed by atoms with van der Waals surface area (Å²) in [6.07, 6.45) is 0.336. The number of amides is 1. The van der Waals surface area contributed by atoms with E-state index in [1.54, 1.807) is 21.1 Å². The van der Waals surface area contributed by atoms with Crippen LogP contribution in [0.4, 0.5) is 5.69 Å². The minimum atomic E-state index is -0.221. The van der Waals surface area contributed by atoms with Crippen molar-refractivity contribution < 1.29 is 4.79 Å². The lowest BCUT2D eigenvalue weighted by Gasteiger charge is -2.20. The number of carbonyl (C=O) groups is 1. The number of benzene rings is 2. The summed E-state index contributed by atoms with van der Waals surface area (Å²) in [7, 11) is 1.82. The van der Waals surface area contributed by atoms with Crippen molar-refractivity contribution in [3.8, 4) is 5.69 Å². The van der Waals surface area contributed by atoms with Crippen LogP contribution in [0.2, 0.25) is 0 Å².